The fourth-order valence-corrected chi connectivity index (χ4v) is 5.41. The largest absolute Gasteiger partial charge is 0.500 e. The van der Waals surface area contributed by atoms with Crippen LogP contribution in [0.1, 0.15) is 52.9 Å². The van der Waals surface area contributed by atoms with Crippen LogP contribution in [0.5, 0.6) is 0 Å². The molecule has 7 nitrogen and oxygen atoms in total. The van der Waals surface area contributed by atoms with Crippen LogP contribution in [0.4, 0.5) is 4.79 Å². The molecule has 8 heteroatoms. The van der Waals surface area contributed by atoms with Crippen molar-refractivity contribution in [3.05, 3.63) is 0 Å². The summed E-state index contributed by atoms with van der Waals surface area (Å²) in [6, 6.07) is 0.356. The van der Waals surface area contributed by atoms with E-state index in [1.165, 1.54) is 4.90 Å². The van der Waals surface area contributed by atoms with E-state index in [9.17, 15) is 9.59 Å². The van der Waals surface area contributed by atoms with Gasteiger partial charge < -0.3 is 18.6 Å². The lowest BCUT2D eigenvalue weighted by atomic mass is 10.2. The second-order valence-corrected chi connectivity index (χ2v) is 8.41. The normalized spacial score (nSPS) is 16.1. The smallest absolute Gasteiger partial charge is 0.374 e. The molecule has 0 radical (unpaired) electrons. The molecule has 0 aliphatic carbocycles. The Morgan fingerprint density at radius 1 is 1.08 bits per heavy atom. The lowest BCUT2D eigenvalue weighted by Crippen LogP contribution is -2.47. The van der Waals surface area contributed by atoms with E-state index in [1.807, 2.05) is 20.8 Å². The van der Waals surface area contributed by atoms with Crippen molar-refractivity contribution in [2.24, 2.45) is 0 Å². The molecule has 1 N–H and O–H groups in total. The van der Waals surface area contributed by atoms with Gasteiger partial charge in [0.2, 0.25) is 5.91 Å². The molecule has 1 rings (SSSR count). The number of imide groups is 1. The summed E-state index contributed by atoms with van der Waals surface area (Å²) in [4.78, 5) is 25.4. The summed E-state index contributed by atoms with van der Waals surface area (Å²) in [5.41, 5.74) is 0. The molecule has 0 saturated carbocycles. The van der Waals surface area contributed by atoms with Crippen LogP contribution in [0.2, 0.25) is 6.04 Å². The number of likely N-dealkylation sites (tertiary alicyclic amines) is 1. The first kappa shape index (κ1) is 21.1. The first-order valence-corrected chi connectivity index (χ1v) is 11.0. The summed E-state index contributed by atoms with van der Waals surface area (Å²) >= 11 is 0. The second-order valence-electron chi connectivity index (χ2n) is 5.67. The standard InChI is InChI=1S/C16H32N2O5Si/c1-4-21-24(22-5-2,23-6-3)14-10-12-17-16(20)18-13-9-7-8-11-15(18)19/h4-14H2,1-3H3,(H,17,20). The highest BCUT2D eigenvalue weighted by Gasteiger charge is 2.39. The highest BCUT2D eigenvalue weighted by Crippen LogP contribution is 2.18. The average molecular weight is 361 g/mol. The molecule has 1 aliphatic heterocycles. The Hall–Kier alpha value is -0.963. The van der Waals surface area contributed by atoms with E-state index in [0.717, 1.165) is 19.3 Å². The zero-order valence-electron chi connectivity index (χ0n) is 15.3. The number of carbonyl (C=O) groups is 2. The molecule has 1 heterocycles. The van der Waals surface area contributed by atoms with Crippen LogP contribution in [-0.4, -0.2) is 58.6 Å². The number of nitrogens with one attached hydrogen (secondary N) is 1. The molecule has 0 spiro atoms. The van der Waals surface area contributed by atoms with Crippen LogP contribution < -0.4 is 5.32 Å². The molecular formula is C16H32N2O5Si. The Morgan fingerprint density at radius 2 is 1.71 bits per heavy atom. The number of hydrogen-bond donors (Lipinski definition) is 1. The van der Waals surface area contributed by atoms with Crippen molar-refractivity contribution < 1.29 is 22.9 Å². The Bertz CT molecular complexity index is 378. The summed E-state index contributed by atoms with van der Waals surface area (Å²) < 4.78 is 17.4. The number of nitrogens with zero attached hydrogens (tertiary/aromatic N) is 1. The zero-order chi connectivity index (χ0) is 17.8. The maximum atomic E-state index is 12.2. The van der Waals surface area contributed by atoms with E-state index in [4.69, 9.17) is 13.3 Å². The predicted octanol–water partition coefficient (Wildman–Crippen LogP) is 2.54. The third-order valence-corrected chi connectivity index (χ3v) is 7.00. The minimum atomic E-state index is -2.66. The van der Waals surface area contributed by atoms with Crippen LogP contribution in [0, 0.1) is 0 Å². The van der Waals surface area contributed by atoms with Crippen LogP contribution in [0.25, 0.3) is 0 Å². The van der Waals surface area contributed by atoms with Gasteiger partial charge in [0.1, 0.15) is 0 Å². The average Bonchev–Trinajstić information content (AvgIpc) is 2.77. The van der Waals surface area contributed by atoms with E-state index >= 15 is 0 Å². The van der Waals surface area contributed by atoms with Crippen molar-refractivity contribution in [2.45, 2.75) is 58.9 Å². The molecule has 1 saturated heterocycles. The summed E-state index contributed by atoms with van der Waals surface area (Å²) in [6.45, 7) is 8.39. The van der Waals surface area contributed by atoms with Crippen molar-refractivity contribution in [3.8, 4) is 0 Å². The van der Waals surface area contributed by atoms with Gasteiger partial charge in [-0.15, -0.1) is 0 Å². The van der Waals surface area contributed by atoms with Gasteiger partial charge in [-0.3, -0.25) is 9.69 Å². The third-order valence-electron chi connectivity index (χ3n) is 3.85. The molecule has 0 aromatic carbocycles. The minimum Gasteiger partial charge on any atom is -0.374 e. The monoisotopic (exact) mass is 360 g/mol. The summed E-state index contributed by atoms with van der Waals surface area (Å²) in [5, 5.41) is 2.83. The number of hydrogen-bond acceptors (Lipinski definition) is 5. The highest BCUT2D eigenvalue weighted by molar-refractivity contribution is 6.60. The molecule has 1 aliphatic rings. The zero-order valence-corrected chi connectivity index (χ0v) is 16.3. The van der Waals surface area contributed by atoms with Gasteiger partial charge in [0.25, 0.3) is 0 Å². The molecule has 24 heavy (non-hydrogen) atoms. The van der Waals surface area contributed by atoms with Crippen LogP contribution >= 0.6 is 0 Å². The summed E-state index contributed by atoms with van der Waals surface area (Å²) in [5.74, 6) is -0.0772. The van der Waals surface area contributed by atoms with Gasteiger partial charge in [-0.05, 0) is 40.0 Å². The molecule has 1 fully saturated rings. The van der Waals surface area contributed by atoms with E-state index in [1.54, 1.807) is 0 Å². The Morgan fingerprint density at radius 3 is 2.29 bits per heavy atom. The number of amides is 3. The predicted molar refractivity (Wildman–Crippen MR) is 93.6 cm³/mol. The molecular weight excluding hydrogens is 328 g/mol. The quantitative estimate of drug-likeness (QED) is 0.478. The molecule has 0 atom stereocenters. The summed E-state index contributed by atoms with van der Waals surface area (Å²) in [7, 11) is -2.66. The Labute approximate surface area is 146 Å². The summed E-state index contributed by atoms with van der Waals surface area (Å²) in [6.07, 6.45) is 3.91. The minimum absolute atomic E-state index is 0.0772. The molecule has 0 unspecified atom stereocenters. The Balaban J connectivity index is 2.43. The molecule has 3 amide bonds. The number of urea groups is 1. The van der Waals surface area contributed by atoms with E-state index in [-0.39, 0.29) is 11.9 Å². The van der Waals surface area contributed by atoms with Gasteiger partial charge in [0, 0.05) is 45.4 Å². The number of rotatable bonds is 10. The van der Waals surface area contributed by atoms with E-state index in [2.05, 4.69) is 5.32 Å². The van der Waals surface area contributed by atoms with Gasteiger partial charge in [-0.25, -0.2) is 4.79 Å². The second kappa shape index (κ2) is 11.6. The fraction of sp³-hybridized carbons (Fsp3) is 0.875. The van der Waals surface area contributed by atoms with Crippen LogP contribution in [0.15, 0.2) is 0 Å². The van der Waals surface area contributed by atoms with E-state index < -0.39 is 8.80 Å². The van der Waals surface area contributed by atoms with Crippen LogP contribution in [-0.2, 0) is 18.1 Å². The third kappa shape index (κ3) is 6.88. The van der Waals surface area contributed by atoms with Crippen molar-refractivity contribution >= 4 is 20.7 Å². The lowest BCUT2D eigenvalue weighted by molar-refractivity contribution is -0.127. The van der Waals surface area contributed by atoms with Gasteiger partial charge in [-0.1, -0.05) is 6.42 Å². The van der Waals surface area contributed by atoms with Gasteiger partial charge in [0.05, 0.1) is 0 Å². The highest BCUT2D eigenvalue weighted by atomic mass is 28.4. The van der Waals surface area contributed by atoms with Gasteiger partial charge >= 0.3 is 14.8 Å². The molecule has 0 aromatic heterocycles. The van der Waals surface area contributed by atoms with Crippen LogP contribution in [0.3, 0.4) is 0 Å². The first-order valence-electron chi connectivity index (χ1n) is 9.08. The van der Waals surface area contributed by atoms with Gasteiger partial charge in [0.15, 0.2) is 0 Å². The van der Waals surface area contributed by atoms with Crippen molar-refractivity contribution in [1.82, 2.24) is 10.2 Å². The lowest BCUT2D eigenvalue weighted by Gasteiger charge is -2.28. The SMILES string of the molecule is CCO[Si](CCCNC(=O)N1CCCCCC1=O)(OCC)OCC. The first-order chi connectivity index (χ1) is 11.6. The van der Waals surface area contributed by atoms with E-state index in [0.29, 0.717) is 51.8 Å². The fourth-order valence-electron chi connectivity index (χ4n) is 2.79. The molecule has 0 aromatic rings. The molecule has 0 bridgehead atoms. The Kier molecular flexibility index (Phi) is 10.2. The maximum Gasteiger partial charge on any atom is 0.500 e. The maximum absolute atomic E-state index is 12.2. The van der Waals surface area contributed by atoms with Crippen molar-refractivity contribution in [2.75, 3.05) is 32.9 Å². The number of carbonyl (C=O) groups excluding carboxylic acids is 2. The molecule has 140 valence electrons. The topological polar surface area (TPSA) is 77.1 Å². The van der Waals surface area contributed by atoms with Crippen molar-refractivity contribution in [1.29, 1.82) is 0 Å². The van der Waals surface area contributed by atoms with Crippen molar-refractivity contribution in [3.63, 3.8) is 0 Å². The van der Waals surface area contributed by atoms with Gasteiger partial charge in [-0.2, -0.15) is 0 Å².